The van der Waals surface area contributed by atoms with Crippen LogP contribution < -0.4 is 10.1 Å². The van der Waals surface area contributed by atoms with Crippen LogP contribution >= 0.6 is 0 Å². The van der Waals surface area contributed by atoms with Gasteiger partial charge in [0.25, 0.3) is 0 Å². The Kier molecular flexibility index (Phi) is 6.03. The Hall–Kier alpha value is -1.10. The Morgan fingerprint density at radius 2 is 2.14 bits per heavy atom. The van der Waals surface area contributed by atoms with Crippen LogP contribution in [-0.2, 0) is 11.2 Å². The van der Waals surface area contributed by atoms with Gasteiger partial charge < -0.3 is 19.7 Å². The lowest BCUT2D eigenvalue weighted by molar-refractivity contribution is 0.142. The molecule has 0 bridgehead atoms. The molecule has 0 heterocycles. The predicted molar refractivity (Wildman–Crippen MR) is 86.0 cm³/mol. The molecule has 4 heteroatoms. The first kappa shape index (κ1) is 16.3. The van der Waals surface area contributed by atoms with Crippen LogP contribution in [0.5, 0.6) is 5.75 Å². The Morgan fingerprint density at radius 1 is 1.33 bits per heavy atom. The maximum Gasteiger partial charge on any atom is 0.119 e. The van der Waals surface area contributed by atoms with Gasteiger partial charge in [0.2, 0.25) is 0 Å². The van der Waals surface area contributed by atoms with E-state index in [0.717, 1.165) is 31.7 Å². The molecule has 0 radical (unpaired) electrons. The molecule has 2 atom stereocenters. The highest BCUT2D eigenvalue weighted by Gasteiger charge is 2.31. The molecule has 21 heavy (non-hydrogen) atoms. The van der Waals surface area contributed by atoms with Crippen LogP contribution in [0.2, 0.25) is 0 Å². The van der Waals surface area contributed by atoms with Crippen molar-refractivity contribution in [1.82, 2.24) is 10.2 Å². The molecule has 1 N–H and O–H groups in total. The summed E-state index contributed by atoms with van der Waals surface area (Å²) in [6.07, 6.45) is 3.37. The minimum absolute atomic E-state index is 0.382. The highest BCUT2D eigenvalue weighted by molar-refractivity contribution is 5.40. The number of aryl methyl sites for hydroxylation is 1. The van der Waals surface area contributed by atoms with E-state index in [4.69, 9.17) is 9.47 Å². The summed E-state index contributed by atoms with van der Waals surface area (Å²) in [5, 5.41) is 3.51. The second-order valence-corrected chi connectivity index (χ2v) is 5.76. The summed E-state index contributed by atoms with van der Waals surface area (Å²) >= 11 is 0. The van der Waals surface area contributed by atoms with Crippen molar-refractivity contribution >= 4 is 0 Å². The molecule has 0 fully saturated rings. The monoisotopic (exact) mass is 292 g/mol. The fourth-order valence-electron chi connectivity index (χ4n) is 3.35. The second-order valence-electron chi connectivity index (χ2n) is 5.76. The lowest BCUT2D eigenvalue weighted by Gasteiger charge is -2.39. The molecule has 0 aromatic heterocycles. The molecule has 0 saturated carbocycles. The molecule has 1 aromatic rings. The van der Waals surface area contributed by atoms with Crippen LogP contribution in [-0.4, -0.2) is 52.4 Å². The fourth-order valence-corrected chi connectivity index (χ4v) is 3.35. The number of hydrogen-bond acceptors (Lipinski definition) is 4. The third-order valence-electron chi connectivity index (χ3n) is 4.52. The summed E-state index contributed by atoms with van der Waals surface area (Å²) in [6.45, 7) is 1.90. The third kappa shape index (κ3) is 3.76. The summed E-state index contributed by atoms with van der Waals surface area (Å²) in [5.41, 5.74) is 2.82. The molecule has 1 aliphatic carbocycles. The van der Waals surface area contributed by atoms with E-state index < -0.39 is 0 Å². The number of nitrogens with one attached hydrogen (secondary N) is 1. The number of ether oxygens (including phenoxy) is 2. The van der Waals surface area contributed by atoms with Crippen LogP contribution in [0.4, 0.5) is 0 Å². The molecule has 4 nitrogen and oxygen atoms in total. The van der Waals surface area contributed by atoms with Gasteiger partial charge in [-0.25, -0.2) is 0 Å². The number of likely N-dealkylation sites (N-methyl/N-ethyl adjacent to an activating group) is 2. The number of hydrogen-bond donors (Lipinski definition) is 1. The van der Waals surface area contributed by atoms with E-state index >= 15 is 0 Å². The zero-order valence-corrected chi connectivity index (χ0v) is 13.7. The molecule has 1 aromatic carbocycles. The normalized spacial score (nSPS) is 21.4. The quantitative estimate of drug-likeness (QED) is 0.782. The van der Waals surface area contributed by atoms with Crippen LogP contribution in [0, 0.1) is 0 Å². The summed E-state index contributed by atoms with van der Waals surface area (Å²) in [5.74, 6) is 0.954. The minimum Gasteiger partial charge on any atom is -0.497 e. The highest BCUT2D eigenvalue weighted by Crippen LogP contribution is 2.34. The van der Waals surface area contributed by atoms with Crippen LogP contribution in [0.15, 0.2) is 18.2 Å². The standard InChI is InChI=1S/C17H28N2O2/c1-18-17-15-8-7-14(21-4)12-13(15)6-9-16(17)19(2)10-5-11-20-3/h7-8,12,16-18H,5-6,9-11H2,1-4H3. The Morgan fingerprint density at radius 3 is 2.81 bits per heavy atom. The van der Waals surface area contributed by atoms with Gasteiger partial charge in [-0.2, -0.15) is 0 Å². The van der Waals surface area contributed by atoms with Crippen LogP contribution in [0.1, 0.15) is 30.0 Å². The zero-order valence-electron chi connectivity index (χ0n) is 13.7. The van der Waals surface area contributed by atoms with Gasteiger partial charge in [0, 0.05) is 32.3 Å². The van der Waals surface area contributed by atoms with Gasteiger partial charge in [0.1, 0.15) is 5.75 Å². The van der Waals surface area contributed by atoms with Crippen molar-refractivity contribution in [2.24, 2.45) is 0 Å². The molecular weight excluding hydrogens is 264 g/mol. The molecule has 0 amide bonds. The van der Waals surface area contributed by atoms with E-state index in [1.165, 1.54) is 17.5 Å². The van der Waals surface area contributed by atoms with Gasteiger partial charge in [-0.15, -0.1) is 0 Å². The van der Waals surface area contributed by atoms with E-state index in [9.17, 15) is 0 Å². The van der Waals surface area contributed by atoms with Gasteiger partial charge >= 0.3 is 0 Å². The average Bonchev–Trinajstić information content (AvgIpc) is 2.53. The third-order valence-corrected chi connectivity index (χ3v) is 4.52. The predicted octanol–water partition coefficient (Wildman–Crippen LogP) is 2.24. The summed E-state index contributed by atoms with van der Waals surface area (Å²) < 4.78 is 10.5. The molecule has 2 rings (SSSR count). The second kappa shape index (κ2) is 7.78. The van der Waals surface area contributed by atoms with Gasteiger partial charge in [-0.3, -0.25) is 0 Å². The highest BCUT2D eigenvalue weighted by atomic mass is 16.5. The Bertz CT molecular complexity index is 450. The Balaban J connectivity index is 2.11. The van der Waals surface area contributed by atoms with Crippen molar-refractivity contribution in [3.05, 3.63) is 29.3 Å². The SMILES string of the molecule is CNC1c2ccc(OC)cc2CCC1N(C)CCCOC. The lowest BCUT2D eigenvalue weighted by Crippen LogP contribution is -2.45. The molecular formula is C17H28N2O2. The molecule has 118 valence electrons. The van der Waals surface area contributed by atoms with Crippen molar-refractivity contribution in [3.63, 3.8) is 0 Å². The minimum atomic E-state index is 0.382. The molecule has 0 saturated heterocycles. The summed E-state index contributed by atoms with van der Waals surface area (Å²) in [4.78, 5) is 2.47. The van der Waals surface area contributed by atoms with Crippen molar-refractivity contribution in [2.45, 2.75) is 31.3 Å². The van der Waals surface area contributed by atoms with Crippen molar-refractivity contribution in [2.75, 3.05) is 41.5 Å². The number of methoxy groups -OCH3 is 2. The average molecular weight is 292 g/mol. The Labute approximate surface area is 128 Å². The zero-order chi connectivity index (χ0) is 15.2. The lowest BCUT2D eigenvalue weighted by atomic mass is 9.83. The van der Waals surface area contributed by atoms with Crippen LogP contribution in [0.25, 0.3) is 0 Å². The smallest absolute Gasteiger partial charge is 0.119 e. The molecule has 0 aliphatic heterocycles. The maximum atomic E-state index is 5.34. The molecule has 1 aliphatic rings. The van der Waals surface area contributed by atoms with Crippen molar-refractivity contribution < 1.29 is 9.47 Å². The topological polar surface area (TPSA) is 33.7 Å². The van der Waals surface area contributed by atoms with Gasteiger partial charge in [0.15, 0.2) is 0 Å². The van der Waals surface area contributed by atoms with E-state index in [1.807, 2.05) is 0 Å². The molecule has 2 unspecified atom stereocenters. The first-order valence-corrected chi connectivity index (χ1v) is 7.74. The number of nitrogens with zero attached hydrogens (tertiary/aromatic N) is 1. The first-order valence-electron chi connectivity index (χ1n) is 7.74. The van der Waals surface area contributed by atoms with Gasteiger partial charge in [-0.1, -0.05) is 6.07 Å². The van der Waals surface area contributed by atoms with E-state index in [-0.39, 0.29) is 0 Å². The van der Waals surface area contributed by atoms with Crippen LogP contribution in [0.3, 0.4) is 0 Å². The largest absolute Gasteiger partial charge is 0.497 e. The van der Waals surface area contributed by atoms with E-state index in [2.05, 4.69) is 42.5 Å². The van der Waals surface area contributed by atoms with Crippen molar-refractivity contribution in [3.8, 4) is 5.75 Å². The summed E-state index contributed by atoms with van der Waals surface area (Å²) in [6, 6.07) is 7.38. The first-order chi connectivity index (χ1) is 10.2. The maximum absolute atomic E-state index is 5.34. The fraction of sp³-hybridized carbons (Fsp3) is 0.647. The van der Waals surface area contributed by atoms with E-state index in [1.54, 1.807) is 14.2 Å². The number of fused-ring (bicyclic) bond motifs is 1. The van der Waals surface area contributed by atoms with Gasteiger partial charge in [-0.05, 0) is 56.6 Å². The van der Waals surface area contributed by atoms with Gasteiger partial charge in [0.05, 0.1) is 7.11 Å². The molecule has 0 spiro atoms. The number of rotatable bonds is 7. The summed E-state index contributed by atoms with van der Waals surface area (Å²) in [7, 11) is 7.77. The number of benzene rings is 1. The van der Waals surface area contributed by atoms with E-state index in [0.29, 0.717) is 12.1 Å². The van der Waals surface area contributed by atoms with Crippen molar-refractivity contribution in [1.29, 1.82) is 0 Å².